The Hall–Kier alpha value is -3.38. The van der Waals surface area contributed by atoms with E-state index in [4.69, 9.17) is 25.8 Å². The van der Waals surface area contributed by atoms with Crippen LogP contribution < -0.4 is 14.4 Å². The minimum absolute atomic E-state index is 0.0422. The number of likely N-dealkylation sites (N-methyl/N-ethyl adjacent to an activating group) is 1. The van der Waals surface area contributed by atoms with E-state index in [0.29, 0.717) is 55.7 Å². The smallest absolute Gasteiger partial charge is 0.303 e. The molecule has 2 aromatic rings. The Labute approximate surface area is 350 Å². The number of methoxy groups -OCH3 is 1. The largest absolute Gasteiger partial charge is 0.490 e. The van der Waals surface area contributed by atoms with E-state index in [-0.39, 0.29) is 56.3 Å². The van der Waals surface area contributed by atoms with Crippen LogP contribution in [0.3, 0.4) is 0 Å². The Kier molecular flexibility index (Phi) is 13.0. The number of aliphatic hydroxyl groups is 1. The van der Waals surface area contributed by atoms with Gasteiger partial charge in [-0.2, -0.15) is 12.7 Å². The van der Waals surface area contributed by atoms with Gasteiger partial charge in [0, 0.05) is 64.4 Å². The molecule has 13 nitrogen and oxygen atoms in total. The van der Waals surface area contributed by atoms with Gasteiger partial charge >= 0.3 is 10.2 Å². The first kappa shape index (κ1) is 43.7. The monoisotopic (exact) mass is 863 g/mol. The second-order valence-corrected chi connectivity index (χ2v) is 19.2. The maximum absolute atomic E-state index is 14.2. The fraction of sp³-hybridized carbons (Fsp3) is 0.619. The van der Waals surface area contributed by atoms with Gasteiger partial charge in [0.2, 0.25) is 5.91 Å². The minimum atomic E-state index is -4.44. The van der Waals surface area contributed by atoms with Gasteiger partial charge in [-0.25, -0.2) is 13.5 Å². The number of likely N-dealkylation sites (tertiary alicyclic amines) is 1. The van der Waals surface area contributed by atoms with Gasteiger partial charge in [-0.1, -0.05) is 35.9 Å². The number of amides is 2. The van der Waals surface area contributed by atoms with Crippen LogP contribution in [-0.2, 0) is 46.7 Å². The molecule has 2 N–H and O–H groups in total. The molecule has 1 spiro atoms. The highest BCUT2D eigenvalue weighted by Crippen LogP contribution is 2.48. The molecule has 2 fully saturated rings. The van der Waals surface area contributed by atoms with Crippen LogP contribution in [0.15, 0.2) is 48.6 Å². The van der Waals surface area contributed by atoms with Crippen LogP contribution in [-0.4, -0.2) is 138 Å². The molecule has 0 aromatic heterocycles. The summed E-state index contributed by atoms with van der Waals surface area (Å²) >= 11 is 6.48. The zero-order chi connectivity index (χ0) is 42.2. The molecular weight excluding hydrogens is 808 g/mol. The third-order valence-corrected chi connectivity index (χ3v) is 14.6. The molecule has 5 aliphatic rings. The quantitative estimate of drug-likeness (QED) is 0.336. The van der Waals surface area contributed by atoms with Crippen molar-refractivity contribution >= 4 is 39.3 Å². The predicted molar refractivity (Wildman–Crippen MR) is 219 cm³/mol. The lowest BCUT2D eigenvalue weighted by atomic mass is 9.68. The van der Waals surface area contributed by atoms with E-state index in [0.717, 1.165) is 42.0 Å². The fourth-order valence-electron chi connectivity index (χ4n) is 9.22. The molecule has 3 heterocycles. The van der Waals surface area contributed by atoms with E-state index >= 15 is 0 Å². The van der Waals surface area contributed by atoms with Gasteiger partial charge in [-0.15, -0.1) is 0 Å². The average molecular weight is 864 g/mol. The van der Waals surface area contributed by atoms with Gasteiger partial charge in [0.05, 0.1) is 51.1 Å². The number of hydrogen-bond acceptors (Lipinski definition) is 10. The number of nitrogens with zero attached hydrogens (tertiary/aromatic N) is 4. The number of aryl methyl sites for hydroxylation is 1. The second kappa shape index (κ2) is 17.5. The van der Waals surface area contributed by atoms with Gasteiger partial charge in [0.15, 0.2) is 5.60 Å². The van der Waals surface area contributed by atoms with Gasteiger partial charge in [-0.05, 0) is 91.3 Å². The van der Waals surface area contributed by atoms with Crippen LogP contribution in [0.2, 0.25) is 5.02 Å². The van der Waals surface area contributed by atoms with Gasteiger partial charge in [0.25, 0.3) is 11.8 Å². The highest BCUT2D eigenvalue weighted by Gasteiger charge is 2.48. The molecule has 0 radical (unpaired) electrons. The van der Waals surface area contributed by atoms with Gasteiger partial charge in [-0.3, -0.25) is 14.5 Å². The maximum Gasteiger partial charge on any atom is 0.303 e. The van der Waals surface area contributed by atoms with Gasteiger partial charge < -0.3 is 29.1 Å². The van der Waals surface area contributed by atoms with E-state index in [1.165, 1.54) is 30.7 Å². The third kappa shape index (κ3) is 9.43. The highest BCUT2D eigenvalue weighted by atomic mass is 35.5. The molecule has 1 saturated carbocycles. The van der Waals surface area contributed by atoms with E-state index in [1.807, 2.05) is 29.0 Å². The number of anilines is 1. The standard InChI is InChI=1S/C42H56ClF2N5O8S/c1-47-16-5-4-8-36(57-20-18-49-26-41(44,45)27-49)33-12-9-30(33)24-50-25-40(15-6-7-29-21-32(43)11-13-34(29)40)28-58-37-14-10-31(22-35(37)50)42(53,23-38(47)51)39(52)46-59(54,55)48(2)17-19-56-3/h4,8,10-11,13-14,21-22,30,33,36,53H,5-7,9,12,15-20,23-28H2,1-3H3,(H,46,52)/b8-4-/t30-,33+,36-,40-,42+/m0/s1. The first-order chi connectivity index (χ1) is 28.0. The molecule has 5 atom stereocenters. The Morgan fingerprint density at radius 3 is 2.66 bits per heavy atom. The van der Waals surface area contributed by atoms with Crippen molar-refractivity contribution in [3.05, 3.63) is 70.3 Å². The van der Waals surface area contributed by atoms with Crippen molar-refractivity contribution in [3.8, 4) is 5.75 Å². The number of benzene rings is 2. The Balaban J connectivity index is 1.26. The summed E-state index contributed by atoms with van der Waals surface area (Å²) in [6.07, 6.45) is 7.86. The lowest BCUT2D eigenvalue weighted by Gasteiger charge is -2.46. The molecule has 0 unspecified atom stereocenters. The molecule has 59 heavy (non-hydrogen) atoms. The summed E-state index contributed by atoms with van der Waals surface area (Å²) in [7, 11) is -0.169. The van der Waals surface area contributed by atoms with E-state index in [2.05, 4.69) is 11.0 Å². The van der Waals surface area contributed by atoms with E-state index < -0.39 is 45.4 Å². The van der Waals surface area contributed by atoms with Crippen LogP contribution in [0, 0.1) is 11.8 Å². The first-order valence-electron chi connectivity index (χ1n) is 20.5. The van der Waals surface area contributed by atoms with Crippen LogP contribution in [0.5, 0.6) is 5.75 Å². The summed E-state index contributed by atoms with van der Waals surface area (Å²) in [6, 6.07) is 10.9. The number of carbonyl (C=O) groups excluding carboxylic acids is 2. The van der Waals surface area contributed by atoms with Crippen molar-refractivity contribution in [1.29, 1.82) is 0 Å². The van der Waals surface area contributed by atoms with Crippen molar-refractivity contribution in [2.75, 3.05) is 91.7 Å². The van der Waals surface area contributed by atoms with Crippen molar-refractivity contribution in [1.82, 2.24) is 18.8 Å². The Bertz CT molecular complexity index is 2020. The molecule has 324 valence electrons. The number of hydrogen-bond donors (Lipinski definition) is 2. The Morgan fingerprint density at radius 2 is 1.93 bits per heavy atom. The number of fused-ring (bicyclic) bond motifs is 4. The topological polar surface area (TPSA) is 141 Å². The SMILES string of the molecule is COCCN(C)S(=O)(=O)NC(=O)[C@@]1(O)CC(=O)N(C)CC/C=C\[C@H](OCCN2CC(F)(F)C2)[C@@H]2CC[C@H]2CN2C[C@@]3(CCCc4cc(Cl)ccc43)COc3ccc1cc32. The first-order valence-corrected chi connectivity index (χ1v) is 22.3. The molecule has 2 aromatic carbocycles. The molecule has 1 saturated heterocycles. The number of rotatable bonds is 10. The van der Waals surface area contributed by atoms with E-state index in [9.17, 15) is 31.9 Å². The molecule has 7 rings (SSSR count). The molecule has 2 amide bonds. The summed E-state index contributed by atoms with van der Waals surface area (Å²) in [5.74, 6) is -3.70. The van der Waals surface area contributed by atoms with Crippen LogP contribution in [0.25, 0.3) is 0 Å². The third-order valence-electron chi connectivity index (χ3n) is 12.9. The molecule has 2 aliphatic carbocycles. The number of carbonyl (C=O) groups is 2. The summed E-state index contributed by atoms with van der Waals surface area (Å²) < 4.78 is 74.9. The van der Waals surface area contributed by atoms with Crippen molar-refractivity contribution in [2.45, 2.75) is 68.0 Å². The fourth-order valence-corrected chi connectivity index (χ4v) is 10.3. The number of halogens is 3. The van der Waals surface area contributed by atoms with Crippen molar-refractivity contribution in [2.24, 2.45) is 11.8 Å². The molecule has 2 bridgehead atoms. The number of alkyl halides is 2. The summed E-state index contributed by atoms with van der Waals surface area (Å²) in [5.41, 5.74) is -0.0485. The lowest BCUT2D eigenvalue weighted by Crippen LogP contribution is -2.57. The Morgan fingerprint density at radius 1 is 1.14 bits per heavy atom. The van der Waals surface area contributed by atoms with Crippen LogP contribution in [0.1, 0.15) is 55.2 Å². The zero-order valence-electron chi connectivity index (χ0n) is 34.0. The summed E-state index contributed by atoms with van der Waals surface area (Å²) in [6.45, 7) is 1.91. The maximum atomic E-state index is 14.2. The normalized spacial score (nSPS) is 29.1. The number of ether oxygens (including phenoxy) is 3. The highest BCUT2D eigenvalue weighted by molar-refractivity contribution is 7.87. The van der Waals surface area contributed by atoms with Crippen molar-refractivity contribution in [3.63, 3.8) is 0 Å². The molecule has 3 aliphatic heterocycles. The minimum Gasteiger partial charge on any atom is -0.490 e. The molecular formula is C42H56ClF2N5O8S. The van der Waals surface area contributed by atoms with Crippen molar-refractivity contribution < 1.29 is 46.1 Å². The summed E-state index contributed by atoms with van der Waals surface area (Å²) in [5, 5.41) is 13.1. The predicted octanol–water partition coefficient (Wildman–Crippen LogP) is 4.11. The van der Waals surface area contributed by atoms with Crippen LogP contribution in [0.4, 0.5) is 14.5 Å². The van der Waals surface area contributed by atoms with E-state index in [1.54, 1.807) is 24.1 Å². The number of nitrogens with one attached hydrogen (secondary N) is 1. The zero-order valence-corrected chi connectivity index (χ0v) is 35.6. The summed E-state index contributed by atoms with van der Waals surface area (Å²) in [4.78, 5) is 33.4. The lowest BCUT2D eigenvalue weighted by molar-refractivity contribution is -0.148. The molecule has 17 heteroatoms. The average Bonchev–Trinajstić information content (AvgIpc) is 3.32. The van der Waals surface area contributed by atoms with Gasteiger partial charge in [0.1, 0.15) is 5.75 Å². The second-order valence-electron chi connectivity index (χ2n) is 17.0. The van der Waals surface area contributed by atoms with Crippen LogP contribution >= 0.6 is 11.6 Å².